The largest absolute Gasteiger partial charge is 0.326 e. The fourth-order valence-corrected chi connectivity index (χ4v) is 5.97. The summed E-state index contributed by atoms with van der Waals surface area (Å²) in [7, 11) is 2.13. The molecule has 7 aromatic rings. The van der Waals surface area contributed by atoms with Crippen molar-refractivity contribution in [1.82, 2.24) is 19.5 Å². The molecule has 0 bridgehead atoms. The smallest absolute Gasteiger partial charge is 0.142 e. The van der Waals surface area contributed by atoms with E-state index in [9.17, 15) is 0 Å². The van der Waals surface area contributed by atoms with Gasteiger partial charge >= 0.3 is 0 Å². The van der Waals surface area contributed by atoms with E-state index in [1.165, 1.54) is 32.7 Å². The quantitative estimate of drug-likeness (QED) is 0.182. The lowest BCUT2D eigenvalue weighted by atomic mass is 9.78. The molecular weight excluding hydrogens is 440 g/mol. The van der Waals surface area contributed by atoms with Crippen molar-refractivity contribution < 1.29 is 0 Å². The molecule has 0 amide bonds. The van der Waals surface area contributed by atoms with E-state index in [0.717, 1.165) is 38.7 Å². The summed E-state index contributed by atoms with van der Waals surface area (Å²) in [6, 6.07) is 25.8. The highest BCUT2D eigenvalue weighted by atomic mass is 15.1. The molecule has 0 N–H and O–H groups in total. The zero-order valence-electron chi connectivity index (χ0n) is 20.9. The average molecular weight is 467 g/mol. The first kappa shape index (κ1) is 21.0. The highest BCUT2D eigenvalue weighted by molar-refractivity contribution is 6.22. The van der Waals surface area contributed by atoms with Gasteiger partial charge in [-0.05, 0) is 56.8 Å². The van der Waals surface area contributed by atoms with E-state index in [-0.39, 0.29) is 5.41 Å². The first-order valence-electron chi connectivity index (χ1n) is 12.4. The SMILES string of the molecule is Cn1c(-c2c3ccccc3c(C(C)(C)C)c3ccccc23)nc2c3cccnc3c3ncccc3c21. The van der Waals surface area contributed by atoms with E-state index in [1.807, 2.05) is 24.5 Å². The lowest BCUT2D eigenvalue weighted by molar-refractivity contribution is 0.601. The van der Waals surface area contributed by atoms with E-state index in [0.29, 0.717) is 0 Å². The predicted octanol–water partition coefficient (Wildman–Crippen LogP) is 7.94. The normalized spacial score (nSPS) is 12.4. The zero-order valence-corrected chi connectivity index (χ0v) is 20.9. The van der Waals surface area contributed by atoms with Gasteiger partial charge in [-0.15, -0.1) is 0 Å². The molecule has 4 nitrogen and oxygen atoms in total. The summed E-state index contributed by atoms with van der Waals surface area (Å²) < 4.78 is 2.25. The van der Waals surface area contributed by atoms with E-state index >= 15 is 0 Å². The van der Waals surface area contributed by atoms with Gasteiger partial charge in [0.15, 0.2) is 0 Å². The molecule has 0 aliphatic carbocycles. The van der Waals surface area contributed by atoms with Crippen LogP contribution in [-0.4, -0.2) is 19.5 Å². The molecule has 0 saturated heterocycles. The van der Waals surface area contributed by atoms with Crippen molar-refractivity contribution in [3.8, 4) is 11.4 Å². The molecule has 36 heavy (non-hydrogen) atoms. The first-order chi connectivity index (χ1) is 17.4. The Hall–Kier alpha value is -4.31. The number of aromatic nitrogens is 4. The molecule has 7 rings (SSSR count). The molecule has 0 fully saturated rings. The molecule has 0 atom stereocenters. The van der Waals surface area contributed by atoms with Crippen LogP contribution >= 0.6 is 0 Å². The van der Waals surface area contributed by atoms with E-state index in [1.54, 1.807) is 0 Å². The molecular formula is C32H26N4. The van der Waals surface area contributed by atoms with Crippen LogP contribution in [0.15, 0.2) is 85.2 Å². The molecule has 3 aromatic heterocycles. The van der Waals surface area contributed by atoms with Gasteiger partial charge in [0, 0.05) is 35.8 Å². The summed E-state index contributed by atoms with van der Waals surface area (Å²) >= 11 is 0. The minimum absolute atomic E-state index is 0.00612. The fourth-order valence-electron chi connectivity index (χ4n) is 5.97. The average Bonchev–Trinajstić information content (AvgIpc) is 3.23. The van der Waals surface area contributed by atoms with Gasteiger partial charge in [-0.1, -0.05) is 69.3 Å². The number of benzene rings is 4. The number of rotatable bonds is 1. The summed E-state index contributed by atoms with van der Waals surface area (Å²) in [5, 5.41) is 7.11. The maximum atomic E-state index is 5.35. The third-order valence-electron chi connectivity index (χ3n) is 7.35. The standard InChI is InChI=1S/C32H26N4/c1-32(2,3)26-21-13-7-5-11-19(21)25(20-12-6-8-14-22(20)26)31-35-29-23-15-9-17-33-27(23)28-24(16-10-18-34-28)30(29)36(31)4/h5-18H,1-4H3. The third kappa shape index (κ3) is 2.78. The van der Waals surface area contributed by atoms with Gasteiger partial charge in [0.1, 0.15) is 5.82 Å². The molecule has 0 spiro atoms. The fraction of sp³-hybridized carbons (Fsp3) is 0.156. The van der Waals surface area contributed by atoms with Crippen LogP contribution in [0.2, 0.25) is 0 Å². The number of pyridine rings is 2. The first-order valence-corrected chi connectivity index (χ1v) is 12.4. The molecule has 0 aliphatic rings. The van der Waals surface area contributed by atoms with Crippen LogP contribution in [0.4, 0.5) is 0 Å². The van der Waals surface area contributed by atoms with Gasteiger partial charge in [-0.25, -0.2) is 4.98 Å². The minimum Gasteiger partial charge on any atom is -0.326 e. The molecule has 4 aromatic carbocycles. The van der Waals surface area contributed by atoms with E-state index < -0.39 is 0 Å². The Labute approximate surface area is 209 Å². The number of fused-ring (bicyclic) bond motifs is 8. The topological polar surface area (TPSA) is 43.6 Å². The number of imidazole rings is 1. The Morgan fingerprint density at radius 1 is 0.583 bits per heavy atom. The molecule has 0 saturated carbocycles. The van der Waals surface area contributed by atoms with Crippen molar-refractivity contribution in [3.63, 3.8) is 0 Å². The highest BCUT2D eigenvalue weighted by Crippen LogP contribution is 2.44. The summed E-state index contributed by atoms with van der Waals surface area (Å²) in [5.74, 6) is 0.958. The van der Waals surface area contributed by atoms with Gasteiger partial charge < -0.3 is 4.57 Å². The second-order valence-electron chi connectivity index (χ2n) is 10.6. The number of hydrogen-bond donors (Lipinski definition) is 0. The molecule has 0 aliphatic heterocycles. The summed E-state index contributed by atoms with van der Waals surface area (Å²) in [4.78, 5) is 14.8. The maximum absolute atomic E-state index is 5.35. The lowest BCUT2D eigenvalue weighted by Crippen LogP contribution is -2.13. The summed E-state index contributed by atoms with van der Waals surface area (Å²) in [6.07, 6.45) is 3.67. The van der Waals surface area contributed by atoms with Crippen molar-refractivity contribution in [2.24, 2.45) is 7.05 Å². The molecule has 0 radical (unpaired) electrons. The highest BCUT2D eigenvalue weighted by Gasteiger charge is 2.26. The van der Waals surface area contributed by atoms with Crippen LogP contribution in [0.3, 0.4) is 0 Å². The van der Waals surface area contributed by atoms with E-state index in [2.05, 4.69) is 93.0 Å². The maximum Gasteiger partial charge on any atom is 0.142 e. The van der Waals surface area contributed by atoms with Crippen molar-refractivity contribution in [3.05, 3.63) is 90.8 Å². The van der Waals surface area contributed by atoms with Crippen LogP contribution in [0.5, 0.6) is 0 Å². The van der Waals surface area contributed by atoms with Crippen molar-refractivity contribution in [2.45, 2.75) is 26.2 Å². The Balaban J connectivity index is 1.73. The number of hydrogen-bond acceptors (Lipinski definition) is 3. The van der Waals surface area contributed by atoms with Gasteiger partial charge in [0.2, 0.25) is 0 Å². The third-order valence-corrected chi connectivity index (χ3v) is 7.35. The predicted molar refractivity (Wildman–Crippen MR) is 150 cm³/mol. The second kappa shape index (κ2) is 7.34. The molecule has 4 heteroatoms. The number of aryl methyl sites for hydroxylation is 1. The van der Waals surface area contributed by atoms with Crippen LogP contribution < -0.4 is 0 Å². The minimum atomic E-state index is -0.00612. The zero-order chi connectivity index (χ0) is 24.6. The lowest BCUT2D eigenvalue weighted by Gasteiger charge is -2.26. The molecule has 0 unspecified atom stereocenters. The van der Waals surface area contributed by atoms with Crippen molar-refractivity contribution in [1.29, 1.82) is 0 Å². The Morgan fingerprint density at radius 3 is 1.67 bits per heavy atom. The van der Waals surface area contributed by atoms with Crippen molar-refractivity contribution >= 4 is 54.4 Å². The van der Waals surface area contributed by atoms with Crippen LogP contribution in [0.25, 0.3) is 65.8 Å². The van der Waals surface area contributed by atoms with Gasteiger partial charge in [0.25, 0.3) is 0 Å². The van der Waals surface area contributed by atoms with Crippen LogP contribution in [-0.2, 0) is 12.5 Å². The van der Waals surface area contributed by atoms with Gasteiger partial charge in [-0.2, -0.15) is 0 Å². The molecule has 3 heterocycles. The molecule has 174 valence electrons. The second-order valence-corrected chi connectivity index (χ2v) is 10.6. The van der Waals surface area contributed by atoms with Crippen LogP contribution in [0.1, 0.15) is 26.3 Å². The summed E-state index contributed by atoms with van der Waals surface area (Å²) in [6.45, 7) is 6.90. The Kier molecular flexibility index (Phi) is 4.29. The summed E-state index contributed by atoms with van der Waals surface area (Å²) in [5.41, 5.74) is 6.39. The number of nitrogens with zero attached hydrogens (tertiary/aromatic N) is 4. The van der Waals surface area contributed by atoms with Gasteiger partial charge in [0.05, 0.1) is 22.1 Å². The van der Waals surface area contributed by atoms with E-state index in [4.69, 9.17) is 15.0 Å². The van der Waals surface area contributed by atoms with Crippen LogP contribution in [0, 0.1) is 0 Å². The monoisotopic (exact) mass is 466 g/mol. The Morgan fingerprint density at radius 2 is 1.08 bits per heavy atom. The van der Waals surface area contributed by atoms with Gasteiger partial charge in [-0.3, -0.25) is 9.97 Å². The Bertz CT molecular complexity index is 1930. The van der Waals surface area contributed by atoms with Crippen molar-refractivity contribution in [2.75, 3.05) is 0 Å².